The Labute approximate surface area is 153 Å². The molecule has 0 radical (unpaired) electrons. The summed E-state index contributed by atoms with van der Waals surface area (Å²) in [4.78, 5) is 8.48. The minimum Gasteiger partial charge on any atom is -0.380 e. The highest BCUT2D eigenvalue weighted by Gasteiger charge is 2.02. The molecule has 0 saturated carbocycles. The Morgan fingerprint density at radius 1 is 1.15 bits per heavy atom. The van der Waals surface area contributed by atoms with Gasteiger partial charge in [-0.15, -0.1) is 0 Å². The van der Waals surface area contributed by atoms with Crippen LogP contribution in [0.5, 0.6) is 0 Å². The van der Waals surface area contributed by atoms with Crippen LogP contribution in [0.15, 0.2) is 72.2 Å². The second kappa shape index (κ2) is 8.82. The maximum absolute atomic E-state index is 6.03. The Bertz CT molecular complexity index is 841. The van der Waals surface area contributed by atoms with Gasteiger partial charge >= 0.3 is 0 Å². The number of guanidine groups is 1. The lowest BCUT2D eigenvalue weighted by Gasteiger charge is -2.11. The zero-order valence-corrected chi connectivity index (χ0v) is 14.8. The second-order valence-corrected chi connectivity index (χ2v) is 5.97. The minimum atomic E-state index is 0.385. The minimum absolute atomic E-state index is 0.385. The van der Waals surface area contributed by atoms with Crippen LogP contribution in [-0.4, -0.2) is 22.6 Å². The predicted octanol–water partition coefficient (Wildman–Crippen LogP) is 3.00. The van der Waals surface area contributed by atoms with Gasteiger partial charge in [0.25, 0.3) is 0 Å². The lowest BCUT2D eigenvalue weighted by Crippen LogP contribution is -2.23. The van der Waals surface area contributed by atoms with Gasteiger partial charge in [-0.25, -0.2) is 9.98 Å². The van der Waals surface area contributed by atoms with Crippen LogP contribution in [0.3, 0.4) is 0 Å². The van der Waals surface area contributed by atoms with Crippen molar-refractivity contribution in [3.8, 4) is 0 Å². The number of hydrogen-bond acceptors (Lipinski definition) is 3. The number of nitrogens with zero attached hydrogens (tertiary/aromatic N) is 3. The molecule has 3 N–H and O–H groups in total. The van der Waals surface area contributed by atoms with Gasteiger partial charge in [0, 0.05) is 37.3 Å². The van der Waals surface area contributed by atoms with Crippen LogP contribution in [0.1, 0.15) is 16.7 Å². The Morgan fingerprint density at radius 3 is 2.65 bits per heavy atom. The van der Waals surface area contributed by atoms with Gasteiger partial charge in [0.15, 0.2) is 5.96 Å². The number of rotatable bonds is 7. The Kier molecular flexibility index (Phi) is 6.01. The van der Waals surface area contributed by atoms with Crippen LogP contribution >= 0.6 is 0 Å². The molecule has 1 aromatic heterocycles. The summed E-state index contributed by atoms with van der Waals surface area (Å²) in [5, 5.41) is 3.14. The van der Waals surface area contributed by atoms with E-state index in [1.165, 1.54) is 5.56 Å². The van der Waals surface area contributed by atoms with E-state index < -0.39 is 0 Å². The number of anilines is 1. The summed E-state index contributed by atoms with van der Waals surface area (Å²) >= 11 is 0. The first-order chi connectivity index (χ1) is 12.7. The van der Waals surface area contributed by atoms with Gasteiger partial charge in [-0.1, -0.05) is 42.5 Å². The fourth-order valence-corrected chi connectivity index (χ4v) is 2.62. The van der Waals surface area contributed by atoms with E-state index in [9.17, 15) is 0 Å². The topological polar surface area (TPSA) is 77.5 Å². The number of imidazole rings is 1. The van der Waals surface area contributed by atoms with Crippen molar-refractivity contribution < 1.29 is 4.74 Å². The Hall–Kier alpha value is -3.12. The summed E-state index contributed by atoms with van der Waals surface area (Å²) in [6, 6.07) is 16.2. The van der Waals surface area contributed by atoms with E-state index in [1.54, 1.807) is 13.3 Å². The van der Waals surface area contributed by atoms with Gasteiger partial charge in [-0.2, -0.15) is 0 Å². The van der Waals surface area contributed by atoms with E-state index in [-0.39, 0.29) is 0 Å². The van der Waals surface area contributed by atoms with E-state index in [1.807, 2.05) is 41.4 Å². The molecule has 26 heavy (non-hydrogen) atoms. The molecule has 0 aliphatic heterocycles. The van der Waals surface area contributed by atoms with Crippen molar-refractivity contribution in [2.24, 2.45) is 10.7 Å². The van der Waals surface area contributed by atoms with E-state index >= 15 is 0 Å². The average Bonchev–Trinajstić information content (AvgIpc) is 3.16. The normalized spacial score (nSPS) is 11.5. The van der Waals surface area contributed by atoms with Crippen molar-refractivity contribution in [1.29, 1.82) is 0 Å². The van der Waals surface area contributed by atoms with Crippen LogP contribution in [0, 0.1) is 0 Å². The predicted molar refractivity (Wildman–Crippen MR) is 104 cm³/mol. The maximum Gasteiger partial charge on any atom is 0.193 e. The highest BCUT2D eigenvalue weighted by atomic mass is 16.5. The molecule has 3 rings (SSSR count). The fourth-order valence-electron chi connectivity index (χ4n) is 2.62. The van der Waals surface area contributed by atoms with Gasteiger partial charge in [-0.05, 0) is 17.2 Å². The van der Waals surface area contributed by atoms with E-state index in [4.69, 9.17) is 10.5 Å². The Balaban J connectivity index is 1.58. The number of nitrogens with one attached hydrogen (secondary N) is 1. The highest BCUT2D eigenvalue weighted by molar-refractivity contribution is 5.92. The third-order valence-corrected chi connectivity index (χ3v) is 3.96. The first kappa shape index (κ1) is 17.7. The first-order valence-corrected chi connectivity index (χ1v) is 8.42. The molecule has 3 aromatic rings. The van der Waals surface area contributed by atoms with Crippen LogP contribution in [0.2, 0.25) is 0 Å². The Morgan fingerprint density at radius 2 is 1.92 bits per heavy atom. The zero-order chi connectivity index (χ0) is 18.2. The quantitative estimate of drug-likeness (QED) is 0.508. The zero-order valence-electron chi connectivity index (χ0n) is 14.8. The van der Waals surface area contributed by atoms with Crippen molar-refractivity contribution in [1.82, 2.24) is 9.55 Å². The highest BCUT2D eigenvalue weighted by Crippen LogP contribution is 2.15. The molecule has 0 bridgehead atoms. The van der Waals surface area contributed by atoms with Crippen LogP contribution in [0.4, 0.5) is 5.69 Å². The molecule has 0 aliphatic carbocycles. The van der Waals surface area contributed by atoms with E-state index in [0.717, 1.165) is 23.4 Å². The summed E-state index contributed by atoms with van der Waals surface area (Å²) < 4.78 is 7.24. The summed E-state index contributed by atoms with van der Waals surface area (Å²) in [6.45, 7) is 1.86. The number of para-hydroxylation sites is 1. The number of methoxy groups -OCH3 is 1. The lowest BCUT2D eigenvalue weighted by molar-refractivity contribution is 0.185. The maximum atomic E-state index is 6.03. The summed E-state index contributed by atoms with van der Waals surface area (Å²) in [5.74, 6) is 0.385. The number of hydrogen-bond donors (Lipinski definition) is 2. The van der Waals surface area contributed by atoms with E-state index in [2.05, 4.69) is 39.6 Å². The molecule has 0 aliphatic rings. The van der Waals surface area contributed by atoms with Gasteiger partial charge in [0.1, 0.15) is 0 Å². The first-order valence-electron chi connectivity index (χ1n) is 8.42. The van der Waals surface area contributed by atoms with Crippen LogP contribution < -0.4 is 11.1 Å². The van der Waals surface area contributed by atoms with E-state index in [0.29, 0.717) is 19.1 Å². The SMILES string of the molecule is COCc1ccccc1NC(N)=NCc1ccc(Cn2ccnc2)cc1. The third kappa shape index (κ3) is 4.94. The third-order valence-electron chi connectivity index (χ3n) is 3.96. The summed E-state index contributed by atoms with van der Waals surface area (Å²) in [5.41, 5.74) is 10.3. The molecule has 1 heterocycles. The lowest BCUT2D eigenvalue weighted by atomic mass is 10.1. The fraction of sp³-hybridized carbons (Fsp3) is 0.200. The molecule has 0 unspecified atom stereocenters. The summed E-state index contributed by atoms with van der Waals surface area (Å²) in [7, 11) is 1.67. The standard InChI is InChI=1S/C20H23N5O/c1-26-14-18-4-2-3-5-19(18)24-20(21)23-12-16-6-8-17(9-7-16)13-25-11-10-22-15-25/h2-11,15H,12-14H2,1H3,(H3,21,23,24). The molecule has 0 spiro atoms. The van der Waals surface area contributed by atoms with Crippen molar-refractivity contribution in [2.75, 3.05) is 12.4 Å². The molecule has 134 valence electrons. The largest absolute Gasteiger partial charge is 0.380 e. The van der Waals surface area contributed by atoms with Crippen molar-refractivity contribution in [3.05, 3.63) is 83.9 Å². The summed E-state index contributed by atoms with van der Waals surface area (Å²) in [6.07, 6.45) is 5.54. The number of ether oxygens (including phenoxy) is 1. The van der Waals surface area contributed by atoms with Crippen molar-refractivity contribution >= 4 is 11.6 Å². The number of nitrogens with two attached hydrogens (primary N) is 1. The van der Waals surface area contributed by atoms with Gasteiger partial charge in [-0.3, -0.25) is 0 Å². The van der Waals surface area contributed by atoms with Crippen molar-refractivity contribution in [2.45, 2.75) is 19.7 Å². The molecule has 0 saturated heterocycles. The molecular formula is C20H23N5O. The molecule has 0 fully saturated rings. The van der Waals surface area contributed by atoms with Gasteiger partial charge in [0.2, 0.25) is 0 Å². The molecule has 2 aromatic carbocycles. The molecule has 0 amide bonds. The number of aliphatic imine (C=N–C) groups is 1. The molecule has 6 heteroatoms. The van der Waals surface area contributed by atoms with Crippen LogP contribution in [0.25, 0.3) is 0 Å². The van der Waals surface area contributed by atoms with Crippen molar-refractivity contribution in [3.63, 3.8) is 0 Å². The number of aromatic nitrogens is 2. The number of benzene rings is 2. The monoisotopic (exact) mass is 349 g/mol. The van der Waals surface area contributed by atoms with Gasteiger partial charge < -0.3 is 20.4 Å². The molecular weight excluding hydrogens is 326 g/mol. The molecule has 6 nitrogen and oxygen atoms in total. The molecule has 0 atom stereocenters. The van der Waals surface area contributed by atoms with Crippen LogP contribution in [-0.2, 0) is 24.4 Å². The smallest absolute Gasteiger partial charge is 0.193 e. The average molecular weight is 349 g/mol. The van der Waals surface area contributed by atoms with Gasteiger partial charge in [0.05, 0.1) is 19.5 Å². The second-order valence-electron chi connectivity index (χ2n) is 5.97.